The van der Waals surface area contributed by atoms with E-state index in [0.717, 1.165) is 19.5 Å². The van der Waals surface area contributed by atoms with E-state index >= 15 is 0 Å². The van der Waals surface area contributed by atoms with Crippen molar-refractivity contribution in [2.45, 2.75) is 45.8 Å². The second-order valence-electron chi connectivity index (χ2n) is 5.23. The number of ether oxygens (including phenoxy) is 1. The van der Waals surface area contributed by atoms with Gasteiger partial charge < -0.3 is 15.0 Å². The van der Waals surface area contributed by atoms with Crippen molar-refractivity contribution in [1.82, 2.24) is 14.9 Å². The van der Waals surface area contributed by atoms with Crippen LogP contribution in [0.3, 0.4) is 0 Å². The molecule has 2 rings (SSSR count). The van der Waals surface area contributed by atoms with Gasteiger partial charge in [-0.05, 0) is 20.3 Å². The summed E-state index contributed by atoms with van der Waals surface area (Å²) in [4.78, 5) is 22.0. The van der Waals surface area contributed by atoms with E-state index in [-0.39, 0.29) is 18.1 Å². The SMILES string of the molecule is CCC(=O)N1CCC(Nc2cncc(OC(C)C)n2)C1. The molecule has 110 valence electrons. The molecular weight excluding hydrogens is 256 g/mol. The Labute approximate surface area is 119 Å². The molecule has 1 amide bonds. The zero-order valence-electron chi connectivity index (χ0n) is 12.3. The van der Waals surface area contributed by atoms with Gasteiger partial charge in [-0.25, -0.2) is 0 Å². The molecule has 0 saturated carbocycles. The average molecular weight is 278 g/mol. The van der Waals surface area contributed by atoms with Gasteiger partial charge in [0.2, 0.25) is 11.8 Å². The standard InChI is InChI=1S/C14H22N4O2/c1-4-14(19)18-6-5-11(9-18)16-12-7-15-8-13(17-12)20-10(2)3/h7-8,10-11H,4-6,9H2,1-3H3,(H,16,17). The van der Waals surface area contributed by atoms with Gasteiger partial charge in [0, 0.05) is 25.6 Å². The molecule has 0 radical (unpaired) electrons. The fourth-order valence-corrected chi connectivity index (χ4v) is 2.25. The van der Waals surface area contributed by atoms with Crippen LogP contribution < -0.4 is 10.1 Å². The highest BCUT2D eigenvalue weighted by molar-refractivity contribution is 5.76. The van der Waals surface area contributed by atoms with Gasteiger partial charge >= 0.3 is 0 Å². The van der Waals surface area contributed by atoms with Crippen LogP contribution in [0, 0.1) is 0 Å². The molecule has 0 bridgehead atoms. The molecule has 2 heterocycles. The average Bonchev–Trinajstić information content (AvgIpc) is 2.86. The van der Waals surface area contributed by atoms with E-state index in [4.69, 9.17) is 4.74 Å². The third-order valence-corrected chi connectivity index (χ3v) is 3.16. The van der Waals surface area contributed by atoms with Crippen LogP contribution in [0.15, 0.2) is 12.4 Å². The molecule has 1 aliphatic heterocycles. The Morgan fingerprint density at radius 2 is 2.35 bits per heavy atom. The summed E-state index contributed by atoms with van der Waals surface area (Å²) in [6.45, 7) is 7.32. The number of aromatic nitrogens is 2. The zero-order valence-corrected chi connectivity index (χ0v) is 12.3. The second-order valence-corrected chi connectivity index (χ2v) is 5.23. The Bertz CT molecular complexity index is 464. The monoisotopic (exact) mass is 278 g/mol. The van der Waals surface area contributed by atoms with Crippen molar-refractivity contribution < 1.29 is 9.53 Å². The highest BCUT2D eigenvalue weighted by atomic mass is 16.5. The van der Waals surface area contributed by atoms with Crippen LogP contribution in [0.2, 0.25) is 0 Å². The largest absolute Gasteiger partial charge is 0.474 e. The second kappa shape index (κ2) is 6.54. The highest BCUT2D eigenvalue weighted by Crippen LogP contribution is 2.17. The topological polar surface area (TPSA) is 67.4 Å². The third kappa shape index (κ3) is 3.82. The summed E-state index contributed by atoms with van der Waals surface area (Å²) in [5.74, 6) is 1.42. The van der Waals surface area contributed by atoms with Crippen LogP contribution in [0.4, 0.5) is 5.82 Å². The molecule has 1 atom stereocenters. The van der Waals surface area contributed by atoms with Gasteiger partial charge in [-0.15, -0.1) is 0 Å². The van der Waals surface area contributed by atoms with E-state index < -0.39 is 0 Å². The van der Waals surface area contributed by atoms with Gasteiger partial charge in [0.1, 0.15) is 5.82 Å². The quantitative estimate of drug-likeness (QED) is 0.887. The maximum absolute atomic E-state index is 11.6. The Morgan fingerprint density at radius 3 is 3.05 bits per heavy atom. The van der Waals surface area contributed by atoms with Crippen molar-refractivity contribution in [3.8, 4) is 5.88 Å². The molecule has 1 aromatic heterocycles. The summed E-state index contributed by atoms with van der Waals surface area (Å²) in [5.41, 5.74) is 0. The summed E-state index contributed by atoms with van der Waals surface area (Å²) >= 11 is 0. The molecule has 6 nitrogen and oxygen atoms in total. The Morgan fingerprint density at radius 1 is 1.55 bits per heavy atom. The number of rotatable bonds is 5. The van der Waals surface area contributed by atoms with Crippen molar-refractivity contribution in [2.75, 3.05) is 18.4 Å². The zero-order chi connectivity index (χ0) is 14.5. The van der Waals surface area contributed by atoms with Gasteiger partial charge in [-0.2, -0.15) is 4.98 Å². The van der Waals surface area contributed by atoms with Gasteiger partial charge in [-0.3, -0.25) is 9.78 Å². The number of carbonyl (C=O) groups is 1. The number of hydrogen-bond acceptors (Lipinski definition) is 5. The van der Waals surface area contributed by atoms with E-state index in [1.807, 2.05) is 25.7 Å². The van der Waals surface area contributed by atoms with Crippen LogP contribution in [-0.4, -0.2) is 46.0 Å². The molecule has 0 aromatic carbocycles. The first-order chi connectivity index (χ1) is 9.58. The van der Waals surface area contributed by atoms with Crippen molar-refractivity contribution in [3.05, 3.63) is 12.4 Å². The first-order valence-corrected chi connectivity index (χ1v) is 7.11. The van der Waals surface area contributed by atoms with E-state index in [1.54, 1.807) is 12.4 Å². The minimum atomic E-state index is 0.0729. The number of nitrogens with one attached hydrogen (secondary N) is 1. The van der Waals surface area contributed by atoms with Crippen LogP contribution in [0.5, 0.6) is 5.88 Å². The Kier molecular flexibility index (Phi) is 4.76. The number of carbonyl (C=O) groups excluding carboxylic acids is 1. The smallest absolute Gasteiger partial charge is 0.234 e. The van der Waals surface area contributed by atoms with Gasteiger partial charge in [0.15, 0.2) is 0 Å². The van der Waals surface area contributed by atoms with Crippen molar-refractivity contribution in [2.24, 2.45) is 0 Å². The highest BCUT2D eigenvalue weighted by Gasteiger charge is 2.25. The first kappa shape index (κ1) is 14.6. The third-order valence-electron chi connectivity index (χ3n) is 3.16. The maximum Gasteiger partial charge on any atom is 0.234 e. The lowest BCUT2D eigenvalue weighted by molar-refractivity contribution is -0.129. The number of nitrogens with zero attached hydrogens (tertiary/aromatic N) is 3. The fraction of sp³-hybridized carbons (Fsp3) is 0.643. The minimum Gasteiger partial charge on any atom is -0.474 e. The molecule has 1 aromatic rings. The Balaban J connectivity index is 1.92. The minimum absolute atomic E-state index is 0.0729. The van der Waals surface area contributed by atoms with Crippen molar-refractivity contribution in [3.63, 3.8) is 0 Å². The van der Waals surface area contributed by atoms with Crippen molar-refractivity contribution >= 4 is 11.7 Å². The number of anilines is 1. The molecular formula is C14H22N4O2. The molecule has 1 aliphatic rings. The summed E-state index contributed by atoms with van der Waals surface area (Å²) in [6.07, 6.45) is 4.85. The molecule has 0 aliphatic carbocycles. The summed E-state index contributed by atoms with van der Waals surface area (Å²) in [6, 6.07) is 0.231. The predicted molar refractivity (Wildman–Crippen MR) is 76.7 cm³/mol. The molecule has 1 saturated heterocycles. The Hall–Kier alpha value is -1.85. The van der Waals surface area contributed by atoms with E-state index in [2.05, 4.69) is 15.3 Å². The van der Waals surface area contributed by atoms with Crippen LogP contribution in [0.1, 0.15) is 33.6 Å². The normalized spacial score (nSPS) is 18.4. The molecule has 1 fully saturated rings. The lowest BCUT2D eigenvalue weighted by atomic mass is 10.2. The number of hydrogen-bond donors (Lipinski definition) is 1. The van der Waals surface area contributed by atoms with Gasteiger partial charge in [0.25, 0.3) is 0 Å². The van der Waals surface area contributed by atoms with Crippen LogP contribution in [0.25, 0.3) is 0 Å². The summed E-state index contributed by atoms with van der Waals surface area (Å²) in [7, 11) is 0. The first-order valence-electron chi connectivity index (χ1n) is 7.11. The lowest BCUT2D eigenvalue weighted by Gasteiger charge is -2.17. The molecule has 20 heavy (non-hydrogen) atoms. The number of likely N-dealkylation sites (tertiary alicyclic amines) is 1. The molecule has 1 N–H and O–H groups in total. The lowest BCUT2D eigenvalue weighted by Crippen LogP contribution is -2.31. The van der Waals surface area contributed by atoms with Crippen molar-refractivity contribution in [1.29, 1.82) is 0 Å². The maximum atomic E-state index is 11.6. The van der Waals surface area contributed by atoms with E-state index in [1.165, 1.54) is 0 Å². The van der Waals surface area contributed by atoms with Crippen LogP contribution in [-0.2, 0) is 4.79 Å². The summed E-state index contributed by atoms with van der Waals surface area (Å²) in [5, 5.41) is 3.32. The van der Waals surface area contributed by atoms with Crippen LogP contribution >= 0.6 is 0 Å². The van der Waals surface area contributed by atoms with E-state index in [0.29, 0.717) is 18.1 Å². The van der Waals surface area contributed by atoms with Gasteiger partial charge in [-0.1, -0.05) is 6.92 Å². The molecule has 6 heteroatoms. The number of amides is 1. The van der Waals surface area contributed by atoms with E-state index in [9.17, 15) is 4.79 Å². The van der Waals surface area contributed by atoms with Gasteiger partial charge in [0.05, 0.1) is 18.5 Å². The predicted octanol–water partition coefficient (Wildman–Crippen LogP) is 1.69. The molecule has 1 unspecified atom stereocenters. The fourth-order valence-electron chi connectivity index (χ4n) is 2.25. The molecule has 0 spiro atoms. The summed E-state index contributed by atoms with van der Waals surface area (Å²) < 4.78 is 5.52.